The summed E-state index contributed by atoms with van der Waals surface area (Å²) in [5.41, 5.74) is -3.61. The van der Waals surface area contributed by atoms with Crippen molar-refractivity contribution < 1.29 is 41.4 Å². The first-order chi connectivity index (χ1) is 13.4. The van der Waals surface area contributed by atoms with Crippen molar-refractivity contribution in [3.63, 3.8) is 0 Å². The average molecular weight is 438 g/mol. The van der Waals surface area contributed by atoms with Crippen LogP contribution < -0.4 is 0 Å². The molecule has 2 N–H and O–H groups in total. The Morgan fingerprint density at radius 1 is 1.13 bits per heavy atom. The molecule has 0 saturated heterocycles. The summed E-state index contributed by atoms with van der Waals surface area (Å²) >= 11 is 0. The molecule has 0 bridgehead atoms. The van der Waals surface area contributed by atoms with Gasteiger partial charge in [-0.1, -0.05) is 32.9 Å². The van der Waals surface area contributed by atoms with Crippen molar-refractivity contribution in [1.29, 1.82) is 0 Å². The molecule has 0 amide bonds. The van der Waals surface area contributed by atoms with Gasteiger partial charge in [0, 0.05) is 17.7 Å². The molecule has 0 spiro atoms. The molecule has 2 aromatic rings. The lowest BCUT2D eigenvalue weighted by molar-refractivity contribution is -0.207. The van der Waals surface area contributed by atoms with E-state index in [9.17, 15) is 41.4 Å². The normalized spacial score (nSPS) is 14.1. The van der Waals surface area contributed by atoms with Crippen LogP contribution in [0, 0.1) is 6.92 Å². The third-order valence-corrected chi connectivity index (χ3v) is 4.49. The molecule has 1 aromatic carbocycles. The molecular weight excluding hydrogens is 418 g/mol. The molecule has 11 heteroatoms. The van der Waals surface area contributed by atoms with Crippen LogP contribution in [0.1, 0.15) is 65.6 Å². The maximum atomic E-state index is 13.6. The van der Waals surface area contributed by atoms with Gasteiger partial charge in [-0.2, -0.15) is 26.3 Å². The first kappa shape index (κ1) is 23.7. The summed E-state index contributed by atoms with van der Waals surface area (Å²) in [7, 11) is 0. The molecule has 0 aliphatic rings. The minimum atomic E-state index is -5.12. The summed E-state index contributed by atoms with van der Waals surface area (Å²) in [5.74, 6) is -1.14. The number of halogens is 6. The zero-order chi connectivity index (χ0) is 23.2. The van der Waals surface area contributed by atoms with Gasteiger partial charge in [0.15, 0.2) is 11.8 Å². The molecule has 1 unspecified atom stereocenters. The van der Waals surface area contributed by atoms with Gasteiger partial charge in [-0.15, -0.1) is 0 Å². The van der Waals surface area contributed by atoms with Gasteiger partial charge in [0.05, 0.1) is 5.56 Å². The number of aromatic nitrogens is 2. The topological polar surface area (TPSA) is 75.3 Å². The highest BCUT2D eigenvalue weighted by molar-refractivity contribution is 5.86. The molecule has 1 heterocycles. The van der Waals surface area contributed by atoms with Crippen LogP contribution in [0.4, 0.5) is 26.3 Å². The predicted octanol–water partition coefficient (Wildman–Crippen LogP) is 4.85. The number of alkyl halides is 6. The Balaban J connectivity index is 2.65. The van der Waals surface area contributed by atoms with Crippen LogP contribution in [0.3, 0.4) is 0 Å². The SMILES string of the molecule is Cc1c(C(=O)O)nc(C(C)(C)C)n1Cc1ccc(C(O)C(F)(F)F)cc1C(F)(F)F. The van der Waals surface area contributed by atoms with Crippen molar-refractivity contribution in [3.05, 3.63) is 52.1 Å². The number of rotatable bonds is 4. The Morgan fingerprint density at radius 2 is 1.70 bits per heavy atom. The van der Waals surface area contributed by atoms with Gasteiger partial charge in [-0.25, -0.2) is 9.78 Å². The van der Waals surface area contributed by atoms with Gasteiger partial charge in [-0.3, -0.25) is 0 Å². The number of nitrogens with zero attached hydrogens (tertiary/aromatic N) is 2. The first-order valence-electron chi connectivity index (χ1n) is 8.70. The molecule has 0 aliphatic carbocycles. The number of hydrogen-bond donors (Lipinski definition) is 2. The lowest BCUT2D eigenvalue weighted by atomic mass is 9.95. The largest absolute Gasteiger partial charge is 0.476 e. The average Bonchev–Trinajstić information content (AvgIpc) is 2.90. The summed E-state index contributed by atoms with van der Waals surface area (Å²) in [6.45, 7) is 6.02. The summed E-state index contributed by atoms with van der Waals surface area (Å²) in [4.78, 5) is 15.5. The van der Waals surface area contributed by atoms with Crippen LogP contribution >= 0.6 is 0 Å². The maximum absolute atomic E-state index is 13.6. The Kier molecular flexibility index (Phi) is 6.01. The summed E-state index contributed by atoms with van der Waals surface area (Å²) in [5, 5.41) is 18.6. The van der Waals surface area contributed by atoms with E-state index < -0.39 is 47.5 Å². The van der Waals surface area contributed by atoms with E-state index in [4.69, 9.17) is 0 Å². The summed E-state index contributed by atoms with van der Waals surface area (Å²) in [6, 6.07) is 1.87. The second-order valence-electron chi connectivity index (χ2n) is 7.87. The van der Waals surface area contributed by atoms with Crippen molar-refractivity contribution in [2.45, 2.75) is 58.1 Å². The molecular formula is C19H20F6N2O3. The fourth-order valence-electron chi connectivity index (χ4n) is 3.03. The lowest BCUT2D eigenvalue weighted by Gasteiger charge is -2.23. The number of imidazole rings is 1. The number of aromatic carboxylic acids is 1. The van der Waals surface area contributed by atoms with Crippen molar-refractivity contribution in [2.24, 2.45) is 0 Å². The molecule has 30 heavy (non-hydrogen) atoms. The maximum Gasteiger partial charge on any atom is 0.418 e. The van der Waals surface area contributed by atoms with Crippen LogP contribution in [0.2, 0.25) is 0 Å². The molecule has 0 saturated carbocycles. The monoisotopic (exact) mass is 438 g/mol. The van der Waals surface area contributed by atoms with Gasteiger partial charge in [0.2, 0.25) is 0 Å². The quantitative estimate of drug-likeness (QED) is 0.670. The smallest absolute Gasteiger partial charge is 0.418 e. The fourth-order valence-corrected chi connectivity index (χ4v) is 3.03. The van der Waals surface area contributed by atoms with Crippen molar-refractivity contribution in [2.75, 3.05) is 0 Å². The van der Waals surface area contributed by atoms with Crippen LogP contribution in [-0.2, 0) is 18.1 Å². The lowest BCUT2D eigenvalue weighted by Crippen LogP contribution is -2.23. The van der Waals surface area contributed by atoms with E-state index in [1.807, 2.05) is 0 Å². The fraction of sp³-hybridized carbons (Fsp3) is 0.474. The van der Waals surface area contributed by atoms with Gasteiger partial charge in [0.25, 0.3) is 0 Å². The molecule has 0 aliphatic heterocycles. The standard InChI is InChI=1S/C19H20F6N2O3/c1-9-13(15(29)30)26-16(17(2,3)4)27(9)8-11-6-5-10(14(28)19(23,24)25)7-12(11)18(20,21)22/h5-7,14,28H,8H2,1-4H3,(H,29,30). The minimum Gasteiger partial charge on any atom is -0.476 e. The van der Waals surface area contributed by atoms with E-state index >= 15 is 0 Å². The molecule has 0 fully saturated rings. The number of aliphatic hydroxyl groups is 1. The Morgan fingerprint density at radius 3 is 2.13 bits per heavy atom. The number of hydrogen-bond acceptors (Lipinski definition) is 3. The minimum absolute atomic E-state index is 0.111. The molecule has 0 radical (unpaired) electrons. The molecule has 2 rings (SSSR count). The van der Waals surface area contributed by atoms with Crippen molar-refractivity contribution in [1.82, 2.24) is 9.55 Å². The second kappa shape index (κ2) is 7.60. The third-order valence-electron chi connectivity index (χ3n) is 4.49. The van der Waals surface area contributed by atoms with Crippen molar-refractivity contribution >= 4 is 5.97 Å². The van der Waals surface area contributed by atoms with E-state index in [0.29, 0.717) is 0 Å². The Hall–Kier alpha value is -2.56. The number of benzene rings is 1. The molecule has 1 aromatic heterocycles. The number of carboxylic acids is 1. The van der Waals surface area contributed by atoms with E-state index in [1.54, 1.807) is 20.8 Å². The summed E-state index contributed by atoms with van der Waals surface area (Å²) in [6.07, 6.45) is -13.2. The van der Waals surface area contributed by atoms with Gasteiger partial charge in [0.1, 0.15) is 5.82 Å². The number of aliphatic hydroxyl groups excluding tert-OH is 1. The van der Waals surface area contributed by atoms with E-state index in [2.05, 4.69) is 4.98 Å². The molecule has 166 valence electrons. The van der Waals surface area contributed by atoms with Crippen LogP contribution in [0.5, 0.6) is 0 Å². The predicted molar refractivity (Wildman–Crippen MR) is 94.2 cm³/mol. The van der Waals surface area contributed by atoms with Crippen LogP contribution in [0.25, 0.3) is 0 Å². The van der Waals surface area contributed by atoms with E-state index in [1.165, 1.54) is 11.5 Å². The highest BCUT2D eigenvalue weighted by Crippen LogP contribution is 2.38. The van der Waals surface area contributed by atoms with Crippen molar-refractivity contribution in [3.8, 4) is 0 Å². The van der Waals surface area contributed by atoms with Gasteiger partial charge >= 0.3 is 18.3 Å². The van der Waals surface area contributed by atoms with Gasteiger partial charge in [-0.05, 0) is 24.1 Å². The van der Waals surface area contributed by atoms with Gasteiger partial charge < -0.3 is 14.8 Å². The van der Waals surface area contributed by atoms with E-state index in [0.717, 1.165) is 12.1 Å². The Bertz CT molecular complexity index is 955. The number of carboxylic acid groups (broad SMARTS) is 1. The summed E-state index contributed by atoms with van der Waals surface area (Å²) < 4.78 is 80.2. The molecule has 1 atom stereocenters. The first-order valence-corrected chi connectivity index (χ1v) is 8.70. The number of carbonyl (C=O) groups is 1. The zero-order valence-corrected chi connectivity index (χ0v) is 16.5. The highest BCUT2D eigenvalue weighted by atomic mass is 19.4. The van der Waals surface area contributed by atoms with Crippen LogP contribution in [0.15, 0.2) is 18.2 Å². The zero-order valence-electron chi connectivity index (χ0n) is 16.5. The van der Waals surface area contributed by atoms with Crippen LogP contribution in [-0.4, -0.2) is 31.9 Å². The second-order valence-corrected chi connectivity index (χ2v) is 7.87. The van der Waals surface area contributed by atoms with E-state index in [-0.39, 0.29) is 28.8 Å². The third kappa shape index (κ3) is 4.77. The highest BCUT2D eigenvalue weighted by Gasteiger charge is 2.41. The molecule has 5 nitrogen and oxygen atoms in total. The Labute approximate surface area is 168 Å².